The second-order valence-electron chi connectivity index (χ2n) is 41.0. The Bertz CT molecular complexity index is 7290. The number of rotatable bonds is 13. The second kappa shape index (κ2) is 31.8. The van der Waals surface area contributed by atoms with Crippen molar-refractivity contribution in [2.75, 3.05) is 14.7 Å². The first-order chi connectivity index (χ1) is 67.1. The zero-order valence-electron chi connectivity index (χ0n) is 79.7. The van der Waals surface area contributed by atoms with E-state index in [0.717, 1.165) is 80.9 Å². The highest BCUT2D eigenvalue weighted by Crippen LogP contribution is 2.75. The number of hydrogen-bond donors (Lipinski definition) is 0. The smallest absolute Gasteiger partial charge is 0.126 e. The van der Waals surface area contributed by atoms with E-state index in [9.17, 15) is 8.78 Å². The summed E-state index contributed by atoms with van der Waals surface area (Å²) >= 11 is 0. The molecule has 0 aromatic heterocycles. The molecule has 0 amide bonds. The molecule has 31 rings (SSSR count). The van der Waals surface area contributed by atoms with Crippen LogP contribution in [0.2, 0.25) is 0 Å². The Morgan fingerprint density at radius 1 is 0.235 bits per heavy atom. The van der Waals surface area contributed by atoms with Crippen molar-refractivity contribution in [1.82, 2.24) is 0 Å². The quantitative estimate of drug-likeness (QED) is 0.114. The lowest BCUT2D eigenvalue weighted by Crippen LogP contribution is -2.55. The van der Waals surface area contributed by atoms with Crippen LogP contribution in [0.1, 0.15) is 142 Å². The first kappa shape index (κ1) is 74.4. The predicted molar refractivity (Wildman–Crippen MR) is 540 cm³/mol. The normalized spacial score (nSPS) is 26.2. The molecule has 12 saturated carbocycles. The van der Waals surface area contributed by atoms with Gasteiger partial charge in [0, 0.05) is 56.1 Å². The molecule has 16 aromatic rings. The van der Waals surface area contributed by atoms with E-state index in [1.165, 1.54) is 191 Å². The topological polar surface area (TPSA) is 9.72 Å². The summed E-state index contributed by atoms with van der Waals surface area (Å²) < 4.78 is 70.7. The number of hydrogen-bond acceptors (Lipinski definition) is 3. The average molecular weight is 1720 g/mol. The van der Waals surface area contributed by atoms with Gasteiger partial charge in [0.15, 0.2) is 0 Å². The minimum atomic E-state index is -0.377. The van der Waals surface area contributed by atoms with Gasteiger partial charge in [-0.3, -0.25) is 0 Å². The molecule has 12 bridgehead atoms. The lowest BCUT2D eigenvalue weighted by atomic mass is 9.43. The third-order valence-electron chi connectivity index (χ3n) is 34.5. The lowest BCUT2D eigenvalue weighted by Gasteiger charge is -2.61. The Morgan fingerprint density at radius 2 is 0.523 bits per heavy atom. The number of nitrogens with zero attached hydrogens (tertiary/aromatic N) is 3. The summed E-state index contributed by atoms with van der Waals surface area (Å²) in [5.74, 6) is 8.91. The molecular formula is C127H109F2N3. The molecule has 5 heteroatoms. The number of anilines is 9. The Labute approximate surface area is 783 Å². The summed E-state index contributed by atoms with van der Waals surface area (Å²) in [6, 6.07) is 126. The van der Waals surface area contributed by atoms with Crippen molar-refractivity contribution in [2.24, 2.45) is 71.0 Å². The van der Waals surface area contributed by atoms with Crippen LogP contribution in [0.5, 0.6) is 0 Å². The average Bonchev–Trinajstić information content (AvgIpc) is 1.51. The van der Waals surface area contributed by atoms with Crippen molar-refractivity contribution in [3.8, 4) is 77.9 Å². The number of halogens is 2. The van der Waals surface area contributed by atoms with Gasteiger partial charge in [0.25, 0.3) is 0 Å². The van der Waals surface area contributed by atoms with E-state index in [2.05, 4.69) is 300 Å². The zero-order valence-corrected chi connectivity index (χ0v) is 74.7. The minimum Gasteiger partial charge on any atom is -0.310 e. The van der Waals surface area contributed by atoms with Crippen LogP contribution < -0.4 is 14.7 Å². The van der Waals surface area contributed by atoms with Gasteiger partial charge in [0.1, 0.15) is 11.6 Å². The van der Waals surface area contributed by atoms with E-state index < -0.39 is 0 Å². The van der Waals surface area contributed by atoms with E-state index in [4.69, 9.17) is 6.85 Å². The van der Waals surface area contributed by atoms with Crippen molar-refractivity contribution >= 4 is 51.2 Å². The Balaban J connectivity index is 0.000000107. The lowest BCUT2D eigenvalue weighted by molar-refractivity contribution is -0.0399. The van der Waals surface area contributed by atoms with E-state index in [-0.39, 0.29) is 63.7 Å². The molecule has 0 heterocycles. The molecule has 132 heavy (non-hydrogen) atoms. The molecule has 3 spiro atoms. The highest BCUT2D eigenvalue weighted by Gasteiger charge is 2.66. The van der Waals surface area contributed by atoms with Gasteiger partial charge in [0.05, 0.1) is 18.2 Å². The molecule has 0 aliphatic heterocycles. The molecule has 0 radical (unpaired) electrons. The highest BCUT2D eigenvalue weighted by atomic mass is 19.1. The van der Waals surface area contributed by atoms with E-state index in [1.54, 1.807) is 29.3 Å². The first-order valence-electron chi connectivity index (χ1n) is 51.4. The van der Waals surface area contributed by atoms with Crippen LogP contribution in [0.4, 0.5) is 60.0 Å². The van der Waals surface area contributed by atoms with Crippen LogP contribution in [0.3, 0.4) is 0 Å². The third-order valence-corrected chi connectivity index (χ3v) is 34.5. The van der Waals surface area contributed by atoms with Crippen molar-refractivity contribution in [3.05, 3.63) is 439 Å². The molecule has 0 unspecified atom stereocenters. The van der Waals surface area contributed by atoms with Crippen LogP contribution in [0.15, 0.2) is 388 Å². The van der Waals surface area contributed by atoms with E-state index in [0.29, 0.717) is 46.6 Å². The minimum absolute atomic E-state index is 0.0363. The molecule has 15 aliphatic carbocycles. The van der Waals surface area contributed by atoms with Gasteiger partial charge in [-0.15, -0.1) is 0 Å². The molecule has 15 aliphatic rings. The summed E-state index contributed by atoms with van der Waals surface area (Å²) in [7, 11) is 0. The van der Waals surface area contributed by atoms with Crippen LogP contribution in [-0.4, -0.2) is 0 Å². The second-order valence-corrected chi connectivity index (χ2v) is 41.0. The van der Waals surface area contributed by atoms with Crippen molar-refractivity contribution in [2.45, 2.75) is 119 Å². The SMILES string of the molecule is Cc1cc(N(c2ccc(-c3ccccc3)cc2)c2ccc3c(c2)C2(c4ccccc4-3)C3CC4CC(C3)CC2C4)ccc1F.Fc1ccc(N(c2ccc(-c3ccccc3)cc2)c2cccc3c2C2(c4ccccc4-3)C3CC4CC(C3)CC2C4)cc1.[2H]c1c([2H])c([2H])c(-c2ccc(N(c3ccc(-c4ccccc4)cc3)c3cccc4c3C3(c5ccccc5-4)C4CC5CC(C4)CC3C5)cc2)c([2H])c1[2H]. The van der Waals surface area contributed by atoms with Crippen molar-refractivity contribution in [1.29, 1.82) is 0 Å². The molecule has 12 fully saturated rings. The van der Waals surface area contributed by atoms with Crippen LogP contribution in [0.25, 0.3) is 77.9 Å². The predicted octanol–water partition coefficient (Wildman–Crippen LogP) is 33.9. The number of fused-ring (bicyclic) bond motifs is 9. The van der Waals surface area contributed by atoms with Gasteiger partial charge < -0.3 is 14.7 Å². The standard InChI is InChI=1S/C46H39N.C41H36FN.C40H34FN/c1-3-10-33(11-4-1)35-18-22-39(23-19-35)47(40-24-20-36(21-25-40)34-12-5-2-6-13-34)44-17-9-15-42-41-14-7-8-16-43(41)46(45(42)44)37-27-31-26-32(29-37)30-38(46)28-31;1-26-19-34(16-18-40(26)42)43(33-13-11-30(12-14-33)29-7-3-2-4-8-29)35-15-17-37-36-9-5-6-10-38(36)41(39(37)25-35)31-21-27-20-28(23-31)24-32(41)22-27;41-32-15-19-34(20-16-32)42(33-17-13-29(14-18-33)28-7-2-1-3-8-28)38-12-6-10-36-35-9-4-5-11-37(35)40(39(36)38)30-22-26-21-27(24-30)25-31(40)23-26/h1-25,31-32,37-38H,26-30H2;2-19,25,27-28,31-32H,20-24H2,1H3;1-20,26-27,30-31H,21-25H2/i1D,3D,4D,10D,11D;;. The maximum absolute atomic E-state index is 14.5. The molecule has 0 atom stereocenters. The van der Waals surface area contributed by atoms with Gasteiger partial charge in [0.2, 0.25) is 0 Å². The van der Waals surface area contributed by atoms with Gasteiger partial charge in [-0.05, 0) is 406 Å². The van der Waals surface area contributed by atoms with Gasteiger partial charge in [-0.1, -0.05) is 273 Å². The fourth-order valence-corrected chi connectivity index (χ4v) is 30.2. The Kier molecular flexibility index (Phi) is 17.9. The van der Waals surface area contributed by atoms with Crippen LogP contribution in [-0.2, 0) is 16.2 Å². The van der Waals surface area contributed by atoms with Crippen molar-refractivity contribution < 1.29 is 15.6 Å². The summed E-state index contributed by atoms with van der Waals surface area (Å²) in [5.41, 5.74) is 36.1. The van der Waals surface area contributed by atoms with Crippen LogP contribution in [0, 0.1) is 89.6 Å². The van der Waals surface area contributed by atoms with Gasteiger partial charge >= 0.3 is 0 Å². The summed E-state index contributed by atoms with van der Waals surface area (Å²) in [4.78, 5) is 7.12. The summed E-state index contributed by atoms with van der Waals surface area (Å²) in [6.45, 7) is 1.86. The fraction of sp³-hybridized carbons (Fsp3) is 0.244. The van der Waals surface area contributed by atoms with E-state index in [1.807, 2.05) is 61.5 Å². The number of aryl methyl sites for hydroxylation is 1. The fourth-order valence-electron chi connectivity index (χ4n) is 30.2. The summed E-state index contributed by atoms with van der Waals surface area (Å²) in [5, 5.41) is 0. The van der Waals surface area contributed by atoms with Crippen molar-refractivity contribution in [3.63, 3.8) is 0 Å². The molecule has 0 N–H and O–H groups in total. The molecular weight excluding hydrogens is 1610 g/mol. The molecule has 0 saturated heterocycles. The number of benzene rings is 16. The Hall–Kier alpha value is -13.2. The monoisotopic (exact) mass is 1720 g/mol. The molecule has 16 aromatic carbocycles. The molecule has 646 valence electrons. The molecule has 3 nitrogen and oxygen atoms in total. The maximum Gasteiger partial charge on any atom is 0.126 e. The zero-order chi connectivity index (χ0) is 91.8. The highest BCUT2D eigenvalue weighted by molar-refractivity contribution is 5.95. The van der Waals surface area contributed by atoms with Gasteiger partial charge in [-0.2, -0.15) is 0 Å². The largest absolute Gasteiger partial charge is 0.310 e. The Morgan fingerprint density at radius 3 is 0.909 bits per heavy atom. The first-order valence-corrected chi connectivity index (χ1v) is 48.9. The van der Waals surface area contributed by atoms with E-state index >= 15 is 0 Å². The van der Waals surface area contributed by atoms with Gasteiger partial charge in [-0.25, -0.2) is 8.78 Å². The maximum atomic E-state index is 14.5. The van der Waals surface area contributed by atoms with Crippen LogP contribution >= 0.6 is 0 Å². The summed E-state index contributed by atoms with van der Waals surface area (Å²) in [6.07, 6.45) is 20.3. The third kappa shape index (κ3) is 12.7.